The van der Waals surface area contributed by atoms with E-state index in [1.165, 1.54) is 17.1 Å². The fraction of sp³-hybridized carbons (Fsp3) is 0.364. The Hall–Kier alpha value is -1.33. The van der Waals surface area contributed by atoms with Crippen molar-refractivity contribution in [2.45, 2.75) is 13.0 Å². The second kappa shape index (κ2) is 5.67. The molecule has 0 saturated heterocycles. The van der Waals surface area contributed by atoms with Crippen LogP contribution in [0.4, 0.5) is 0 Å². The Bertz CT molecular complexity index is 401. The number of pyridine rings is 1. The number of aromatic nitrogens is 3. The van der Waals surface area contributed by atoms with Crippen LogP contribution in [0, 0.1) is 0 Å². The third-order valence-electron chi connectivity index (χ3n) is 2.37. The number of hydrogen-bond donors (Lipinski definition) is 0. The van der Waals surface area contributed by atoms with Crippen LogP contribution in [0.15, 0.2) is 29.9 Å². The van der Waals surface area contributed by atoms with Gasteiger partial charge in [-0.1, -0.05) is 4.49 Å². The molecule has 0 saturated carbocycles. The average molecular weight is 234 g/mol. The first-order valence-electron chi connectivity index (χ1n) is 5.18. The lowest BCUT2D eigenvalue weighted by Gasteiger charge is -2.14. The monoisotopic (exact) mass is 234 g/mol. The van der Waals surface area contributed by atoms with E-state index < -0.39 is 0 Å². The molecule has 0 radical (unpaired) electrons. The molecule has 5 heteroatoms. The zero-order valence-corrected chi connectivity index (χ0v) is 10.0. The van der Waals surface area contributed by atoms with Crippen LogP contribution in [0.5, 0.6) is 0 Å². The van der Waals surface area contributed by atoms with Crippen LogP contribution in [0.3, 0.4) is 0 Å². The molecule has 2 aromatic heterocycles. The highest BCUT2D eigenvalue weighted by molar-refractivity contribution is 7.03. The molecule has 2 heterocycles. The first-order chi connectivity index (χ1) is 7.84. The lowest BCUT2D eigenvalue weighted by molar-refractivity contribution is 0.327. The summed E-state index contributed by atoms with van der Waals surface area (Å²) in [5, 5.41) is 6.02. The van der Waals surface area contributed by atoms with Crippen LogP contribution >= 0.6 is 11.5 Å². The van der Waals surface area contributed by atoms with Gasteiger partial charge in [-0.15, -0.1) is 5.10 Å². The molecule has 0 bridgehead atoms. The SMILES string of the molecule is CN(CCc1ccncc1)Cc1csnn1. The van der Waals surface area contributed by atoms with Gasteiger partial charge in [-0.05, 0) is 42.7 Å². The van der Waals surface area contributed by atoms with E-state index in [0.29, 0.717) is 0 Å². The number of likely N-dealkylation sites (N-methyl/N-ethyl adjacent to an activating group) is 1. The van der Waals surface area contributed by atoms with Gasteiger partial charge in [-0.2, -0.15) is 0 Å². The second-order valence-corrected chi connectivity index (χ2v) is 4.35. The van der Waals surface area contributed by atoms with Crippen LogP contribution in [-0.2, 0) is 13.0 Å². The van der Waals surface area contributed by atoms with Gasteiger partial charge in [0.25, 0.3) is 0 Å². The first kappa shape index (κ1) is 11.2. The van der Waals surface area contributed by atoms with Crippen molar-refractivity contribution in [2.75, 3.05) is 13.6 Å². The highest BCUT2D eigenvalue weighted by atomic mass is 32.1. The Labute approximate surface area is 99.1 Å². The summed E-state index contributed by atoms with van der Waals surface area (Å²) < 4.78 is 3.85. The van der Waals surface area contributed by atoms with Crippen molar-refractivity contribution in [3.8, 4) is 0 Å². The van der Waals surface area contributed by atoms with Crippen molar-refractivity contribution in [3.63, 3.8) is 0 Å². The Kier molecular flexibility index (Phi) is 3.96. The van der Waals surface area contributed by atoms with Crippen LogP contribution in [0.2, 0.25) is 0 Å². The largest absolute Gasteiger partial charge is 0.300 e. The highest BCUT2D eigenvalue weighted by Gasteiger charge is 2.02. The second-order valence-electron chi connectivity index (χ2n) is 3.74. The fourth-order valence-electron chi connectivity index (χ4n) is 1.48. The molecule has 4 nitrogen and oxygen atoms in total. The Morgan fingerprint density at radius 3 is 2.81 bits per heavy atom. The van der Waals surface area contributed by atoms with Gasteiger partial charge in [0.05, 0.1) is 5.69 Å². The zero-order chi connectivity index (χ0) is 11.2. The maximum Gasteiger partial charge on any atom is 0.0895 e. The van der Waals surface area contributed by atoms with Gasteiger partial charge in [0.1, 0.15) is 0 Å². The maximum absolute atomic E-state index is 4.03. The Balaban J connectivity index is 1.78. The molecule has 0 aliphatic carbocycles. The van der Waals surface area contributed by atoms with E-state index in [1.54, 1.807) is 0 Å². The summed E-state index contributed by atoms with van der Waals surface area (Å²) >= 11 is 1.40. The predicted molar refractivity (Wildman–Crippen MR) is 64.2 cm³/mol. The van der Waals surface area contributed by atoms with E-state index in [9.17, 15) is 0 Å². The minimum atomic E-state index is 0.863. The molecule has 0 unspecified atom stereocenters. The summed E-state index contributed by atoms with van der Waals surface area (Å²) in [5.41, 5.74) is 2.36. The van der Waals surface area contributed by atoms with Crippen molar-refractivity contribution in [1.82, 2.24) is 19.5 Å². The fourth-order valence-corrected chi connectivity index (χ4v) is 1.92. The van der Waals surface area contributed by atoms with Crippen molar-refractivity contribution in [2.24, 2.45) is 0 Å². The normalized spacial score (nSPS) is 10.9. The molecule has 84 valence electrons. The molecule has 16 heavy (non-hydrogen) atoms. The van der Waals surface area contributed by atoms with Crippen molar-refractivity contribution >= 4 is 11.5 Å². The third-order valence-corrected chi connectivity index (χ3v) is 2.92. The molecule has 0 fully saturated rings. The molecular formula is C11H14N4S. The average Bonchev–Trinajstić information content (AvgIpc) is 2.81. The van der Waals surface area contributed by atoms with Crippen LogP contribution in [0.25, 0.3) is 0 Å². The van der Waals surface area contributed by atoms with E-state index in [4.69, 9.17) is 0 Å². The molecule has 2 rings (SSSR count). The molecule has 0 aliphatic rings. The molecule has 0 aliphatic heterocycles. The third kappa shape index (κ3) is 3.36. The van der Waals surface area contributed by atoms with Gasteiger partial charge in [-0.3, -0.25) is 4.98 Å². The molecule has 0 aromatic carbocycles. The summed E-state index contributed by atoms with van der Waals surface area (Å²) in [6, 6.07) is 4.11. The van der Waals surface area contributed by atoms with E-state index in [2.05, 4.69) is 38.7 Å². The minimum absolute atomic E-state index is 0.863. The molecule has 0 amide bonds. The van der Waals surface area contributed by atoms with Gasteiger partial charge in [0.2, 0.25) is 0 Å². The van der Waals surface area contributed by atoms with E-state index in [-0.39, 0.29) is 0 Å². The first-order valence-corrected chi connectivity index (χ1v) is 6.01. The zero-order valence-electron chi connectivity index (χ0n) is 9.21. The summed E-state index contributed by atoms with van der Waals surface area (Å²) in [6.07, 6.45) is 4.70. The van der Waals surface area contributed by atoms with Gasteiger partial charge >= 0.3 is 0 Å². The van der Waals surface area contributed by atoms with Crippen molar-refractivity contribution in [1.29, 1.82) is 0 Å². The summed E-state index contributed by atoms with van der Waals surface area (Å²) in [7, 11) is 2.10. The van der Waals surface area contributed by atoms with Crippen LogP contribution < -0.4 is 0 Å². The topological polar surface area (TPSA) is 41.9 Å². The highest BCUT2D eigenvalue weighted by Crippen LogP contribution is 2.03. The number of nitrogens with zero attached hydrogens (tertiary/aromatic N) is 4. The van der Waals surface area contributed by atoms with Gasteiger partial charge in [-0.25, -0.2) is 0 Å². The smallest absolute Gasteiger partial charge is 0.0895 e. The molecule has 0 atom stereocenters. The van der Waals surface area contributed by atoms with E-state index >= 15 is 0 Å². The summed E-state index contributed by atoms with van der Waals surface area (Å²) in [6.45, 7) is 1.88. The standard InChI is InChI=1S/C11H14N4S/c1-15(8-11-9-16-14-13-11)7-4-10-2-5-12-6-3-10/h2-3,5-6,9H,4,7-8H2,1H3. The van der Waals surface area contributed by atoms with Crippen molar-refractivity contribution in [3.05, 3.63) is 41.2 Å². The summed E-state index contributed by atoms with van der Waals surface area (Å²) in [5.74, 6) is 0. The molecule has 0 N–H and O–H groups in total. The number of rotatable bonds is 5. The molecule has 2 aromatic rings. The number of hydrogen-bond acceptors (Lipinski definition) is 5. The van der Waals surface area contributed by atoms with Crippen molar-refractivity contribution < 1.29 is 0 Å². The van der Waals surface area contributed by atoms with E-state index in [0.717, 1.165) is 25.2 Å². The van der Waals surface area contributed by atoms with Gasteiger partial charge < -0.3 is 4.90 Å². The Morgan fingerprint density at radius 2 is 2.12 bits per heavy atom. The predicted octanol–water partition coefficient (Wildman–Crippen LogP) is 1.61. The van der Waals surface area contributed by atoms with Gasteiger partial charge in [0.15, 0.2) is 0 Å². The molecule has 0 spiro atoms. The van der Waals surface area contributed by atoms with Crippen LogP contribution in [-0.4, -0.2) is 33.1 Å². The summed E-state index contributed by atoms with van der Waals surface area (Å²) in [4.78, 5) is 6.25. The minimum Gasteiger partial charge on any atom is -0.300 e. The Morgan fingerprint density at radius 1 is 1.31 bits per heavy atom. The molecular weight excluding hydrogens is 220 g/mol. The quantitative estimate of drug-likeness (QED) is 0.788. The maximum atomic E-state index is 4.03. The van der Waals surface area contributed by atoms with Gasteiger partial charge in [0, 0.05) is 30.9 Å². The van der Waals surface area contributed by atoms with Crippen LogP contribution in [0.1, 0.15) is 11.3 Å². The van der Waals surface area contributed by atoms with E-state index in [1.807, 2.05) is 17.8 Å². The lowest BCUT2D eigenvalue weighted by Crippen LogP contribution is -2.20. The lowest BCUT2D eigenvalue weighted by atomic mass is 10.2.